The zero-order valence-electron chi connectivity index (χ0n) is 41.5. The summed E-state index contributed by atoms with van der Waals surface area (Å²) in [7, 11) is 1.58. The van der Waals surface area contributed by atoms with Gasteiger partial charge in [0.15, 0.2) is 18.7 Å². The van der Waals surface area contributed by atoms with Gasteiger partial charge < -0.3 is 52.1 Å². The second kappa shape index (κ2) is 27.8. The minimum atomic E-state index is -1.33. The van der Waals surface area contributed by atoms with Gasteiger partial charge in [0.25, 0.3) is 0 Å². The molecule has 2 heterocycles. The van der Waals surface area contributed by atoms with Crippen molar-refractivity contribution in [2.75, 3.05) is 20.3 Å². The van der Waals surface area contributed by atoms with E-state index in [-0.39, 0.29) is 39.6 Å². The van der Waals surface area contributed by atoms with Crippen LogP contribution in [0.5, 0.6) is 0 Å². The summed E-state index contributed by atoms with van der Waals surface area (Å²) in [5, 5.41) is 0. The van der Waals surface area contributed by atoms with E-state index in [2.05, 4.69) is 0 Å². The highest BCUT2D eigenvalue weighted by molar-refractivity contribution is 5.89. The van der Waals surface area contributed by atoms with Gasteiger partial charge in [-0.15, -0.1) is 0 Å². The van der Waals surface area contributed by atoms with Gasteiger partial charge in [-0.2, -0.15) is 0 Å². The number of esters is 1. The van der Waals surface area contributed by atoms with Crippen LogP contribution in [0.2, 0.25) is 0 Å². The molecule has 2 saturated heterocycles. The summed E-state index contributed by atoms with van der Waals surface area (Å²) in [6, 6.07) is 68.1. The molecule has 0 spiro atoms. The van der Waals surface area contributed by atoms with Crippen LogP contribution in [0.1, 0.15) is 43.7 Å². The molecule has 7 aromatic carbocycles. The molecule has 7 aromatic rings. The Bertz CT molecular complexity index is 2650. The SMILES string of the molecule is CO[C@H]1O[C@H](COCc2ccccc2)[C@@H](O[C@@H]2O[C@H](COCc3ccccc3)[C@@H](OCc3ccccc3)[C@H](OCc3ccccc3)[C@H]2OC(=O)c2ccccc2)[C@H](OCc2ccccc2)[C@H]1OCc1ccccc1. The number of hydrogen-bond acceptors (Lipinski definition) is 12. The molecule has 2 aliphatic heterocycles. The summed E-state index contributed by atoms with van der Waals surface area (Å²) in [5.41, 5.74) is 5.99. The maximum absolute atomic E-state index is 14.5. The zero-order chi connectivity index (χ0) is 50.6. The van der Waals surface area contributed by atoms with Crippen molar-refractivity contribution >= 4 is 5.97 Å². The fourth-order valence-electron chi connectivity index (χ4n) is 9.09. The van der Waals surface area contributed by atoms with E-state index in [1.54, 1.807) is 31.4 Å². The molecular formula is C62H64O12. The van der Waals surface area contributed by atoms with Gasteiger partial charge in [-0.25, -0.2) is 4.79 Å². The molecule has 0 aromatic heterocycles. The van der Waals surface area contributed by atoms with Gasteiger partial charge in [-0.1, -0.05) is 200 Å². The van der Waals surface area contributed by atoms with E-state index in [0.717, 1.165) is 33.4 Å². The fourth-order valence-corrected chi connectivity index (χ4v) is 9.09. The highest BCUT2D eigenvalue weighted by Gasteiger charge is 2.55. The van der Waals surface area contributed by atoms with Crippen molar-refractivity contribution in [1.29, 1.82) is 0 Å². The summed E-state index contributed by atoms with van der Waals surface area (Å²) >= 11 is 0. The van der Waals surface area contributed by atoms with Crippen molar-refractivity contribution in [2.45, 2.75) is 101 Å². The summed E-state index contributed by atoms with van der Waals surface area (Å²) in [4.78, 5) is 14.5. The lowest BCUT2D eigenvalue weighted by Crippen LogP contribution is -2.66. The third-order valence-electron chi connectivity index (χ3n) is 12.9. The van der Waals surface area contributed by atoms with Gasteiger partial charge in [0.1, 0.15) is 42.7 Å². The van der Waals surface area contributed by atoms with Crippen LogP contribution in [0.15, 0.2) is 212 Å². The molecule has 12 heteroatoms. The number of methoxy groups -OCH3 is 1. The average Bonchev–Trinajstić information content (AvgIpc) is 3.46. The lowest BCUT2D eigenvalue weighted by atomic mass is 9.95. The van der Waals surface area contributed by atoms with Crippen molar-refractivity contribution in [1.82, 2.24) is 0 Å². The molecule has 0 radical (unpaired) electrons. The Morgan fingerprint density at radius 2 is 0.689 bits per heavy atom. The highest BCUT2D eigenvalue weighted by Crippen LogP contribution is 2.37. The predicted molar refractivity (Wildman–Crippen MR) is 277 cm³/mol. The molecule has 10 atom stereocenters. The third kappa shape index (κ3) is 14.9. The molecule has 2 fully saturated rings. The first-order valence-electron chi connectivity index (χ1n) is 25.2. The molecule has 0 N–H and O–H groups in total. The second-order valence-electron chi connectivity index (χ2n) is 18.2. The number of ether oxygens (including phenoxy) is 11. The predicted octanol–water partition coefficient (Wildman–Crippen LogP) is 10.5. The molecule has 74 heavy (non-hydrogen) atoms. The fraction of sp³-hybridized carbons (Fsp3) is 0.306. The molecule has 0 bridgehead atoms. The van der Waals surface area contributed by atoms with Crippen LogP contribution < -0.4 is 0 Å². The summed E-state index contributed by atoms with van der Waals surface area (Å²) in [6.07, 6.45) is -9.67. The Morgan fingerprint density at radius 3 is 1.09 bits per heavy atom. The highest BCUT2D eigenvalue weighted by atomic mass is 16.8. The molecule has 9 rings (SSSR count). The number of carbonyl (C=O) groups is 1. The van der Waals surface area contributed by atoms with Gasteiger partial charge in [0, 0.05) is 7.11 Å². The number of carbonyl (C=O) groups excluding carboxylic acids is 1. The Balaban J connectivity index is 1.12. The number of rotatable bonds is 25. The minimum absolute atomic E-state index is 0.0532. The van der Waals surface area contributed by atoms with Crippen LogP contribution >= 0.6 is 0 Å². The van der Waals surface area contributed by atoms with Crippen molar-refractivity contribution in [3.63, 3.8) is 0 Å². The van der Waals surface area contributed by atoms with Gasteiger partial charge >= 0.3 is 5.97 Å². The molecule has 0 amide bonds. The molecule has 0 unspecified atom stereocenters. The average molecular weight is 1000 g/mol. The van der Waals surface area contributed by atoms with Gasteiger partial charge in [-0.05, 0) is 45.5 Å². The Hall–Kier alpha value is -6.39. The van der Waals surface area contributed by atoms with E-state index >= 15 is 0 Å². The van der Waals surface area contributed by atoms with Gasteiger partial charge in [-0.3, -0.25) is 0 Å². The smallest absolute Gasteiger partial charge is 0.338 e. The molecule has 0 aliphatic carbocycles. The minimum Gasteiger partial charge on any atom is -0.450 e. The van der Waals surface area contributed by atoms with E-state index in [0.29, 0.717) is 18.8 Å². The van der Waals surface area contributed by atoms with Crippen LogP contribution in [0, 0.1) is 0 Å². The maximum atomic E-state index is 14.5. The van der Waals surface area contributed by atoms with E-state index in [9.17, 15) is 4.79 Å². The molecule has 2 aliphatic rings. The lowest BCUT2D eigenvalue weighted by molar-refractivity contribution is -0.371. The van der Waals surface area contributed by atoms with Crippen LogP contribution in [-0.4, -0.2) is 87.7 Å². The van der Waals surface area contributed by atoms with E-state index in [4.69, 9.17) is 52.1 Å². The second-order valence-corrected chi connectivity index (χ2v) is 18.2. The van der Waals surface area contributed by atoms with Crippen molar-refractivity contribution in [2.24, 2.45) is 0 Å². The first-order valence-corrected chi connectivity index (χ1v) is 25.2. The Morgan fingerprint density at radius 1 is 0.365 bits per heavy atom. The van der Waals surface area contributed by atoms with Gasteiger partial charge in [0.2, 0.25) is 0 Å². The van der Waals surface area contributed by atoms with Crippen LogP contribution in [-0.2, 0) is 91.7 Å². The van der Waals surface area contributed by atoms with E-state index in [1.807, 2.05) is 188 Å². The normalized spacial score (nSPS) is 23.7. The molecule has 0 saturated carbocycles. The number of hydrogen-bond donors (Lipinski definition) is 0. The summed E-state index contributed by atoms with van der Waals surface area (Å²) in [6.45, 7) is 1.46. The van der Waals surface area contributed by atoms with Crippen molar-refractivity contribution in [3.8, 4) is 0 Å². The third-order valence-corrected chi connectivity index (χ3v) is 12.9. The molecular weight excluding hydrogens is 937 g/mol. The van der Waals surface area contributed by atoms with E-state index < -0.39 is 67.4 Å². The van der Waals surface area contributed by atoms with E-state index in [1.165, 1.54) is 0 Å². The van der Waals surface area contributed by atoms with Crippen LogP contribution in [0.25, 0.3) is 0 Å². The Kier molecular flexibility index (Phi) is 19.7. The van der Waals surface area contributed by atoms with Crippen molar-refractivity contribution < 1.29 is 56.9 Å². The standard InChI is InChI=1S/C62H64O12/c1-64-61-58(70-42-50-33-19-7-20-34-50)57(69-41-49-31-17-6-18-32-49)55(53(71-61)44-66-38-46-25-11-3-12-26-46)74-62-59(73-60(63)51-35-21-8-22-36-51)56(68-40-48-29-15-5-16-30-48)54(67-39-47-27-13-4-14-28-47)52(72-62)43-65-37-45-23-9-2-10-24-45/h2-36,52-59,61-62H,37-44H2,1H3/t52-,53-,54-,55-,56+,57+,58-,59-,61+,62+/m1/s1. The zero-order valence-corrected chi connectivity index (χ0v) is 41.5. The number of benzene rings is 7. The van der Waals surface area contributed by atoms with Crippen LogP contribution in [0.4, 0.5) is 0 Å². The van der Waals surface area contributed by atoms with Gasteiger partial charge in [0.05, 0.1) is 58.4 Å². The van der Waals surface area contributed by atoms with Crippen molar-refractivity contribution in [3.05, 3.63) is 251 Å². The first kappa shape index (κ1) is 52.5. The summed E-state index contributed by atoms with van der Waals surface area (Å²) in [5.74, 6) is -0.607. The lowest BCUT2D eigenvalue weighted by Gasteiger charge is -2.49. The summed E-state index contributed by atoms with van der Waals surface area (Å²) < 4.78 is 74.8. The Labute approximate surface area is 433 Å². The quantitative estimate of drug-likeness (QED) is 0.0507. The first-order chi connectivity index (χ1) is 36.6. The topological polar surface area (TPSA) is 119 Å². The van der Waals surface area contributed by atoms with Crippen LogP contribution in [0.3, 0.4) is 0 Å². The molecule has 12 nitrogen and oxygen atoms in total. The molecule has 384 valence electrons. The monoisotopic (exact) mass is 1000 g/mol. The maximum Gasteiger partial charge on any atom is 0.338 e. The largest absolute Gasteiger partial charge is 0.450 e.